The Labute approximate surface area is 151 Å². The van der Waals surface area contributed by atoms with Crippen LogP contribution in [0.4, 0.5) is 0 Å². The summed E-state index contributed by atoms with van der Waals surface area (Å²) in [5, 5.41) is 9.34. The van der Waals surface area contributed by atoms with E-state index in [1.54, 1.807) is 18.5 Å². The summed E-state index contributed by atoms with van der Waals surface area (Å²) in [7, 11) is 3.02. The Kier molecular flexibility index (Phi) is 4.39. The van der Waals surface area contributed by atoms with Gasteiger partial charge in [0.05, 0.1) is 48.0 Å². The topological polar surface area (TPSA) is 77.1 Å². The number of benzene rings is 2. The van der Waals surface area contributed by atoms with Gasteiger partial charge in [-0.25, -0.2) is 4.98 Å². The number of imidazole rings is 1. The second-order valence-corrected chi connectivity index (χ2v) is 6.44. The Morgan fingerprint density at radius 3 is 2.35 bits per heavy atom. The fourth-order valence-electron chi connectivity index (χ4n) is 2.85. The number of nitrogens with zero attached hydrogens (tertiary/aromatic N) is 3. The Morgan fingerprint density at radius 2 is 1.81 bits per heavy atom. The van der Waals surface area contributed by atoms with Crippen molar-refractivity contribution in [3.05, 3.63) is 47.8 Å². The molecule has 2 aromatic carbocycles. The molecule has 0 bridgehead atoms. The molecule has 0 N–H and O–H groups in total. The average Bonchev–Trinajstić information content (AvgIpc) is 3.09. The van der Waals surface area contributed by atoms with Crippen LogP contribution in [0.1, 0.15) is 29.8 Å². The van der Waals surface area contributed by atoms with Gasteiger partial charge in [0.1, 0.15) is 17.8 Å². The van der Waals surface area contributed by atoms with Gasteiger partial charge in [-0.15, -0.1) is 0 Å². The lowest BCUT2D eigenvalue weighted by Crippen LogP contribution is -2.13. The van der Waals surface area contributed by atoms with Crippen LogP contribution in [-0.4, -0.2) is 30.1 Å². The first-order chi connectivity index (χ1) is 12.4. The monoisotopic (exact) mass is 349 g/mol. The SMILES string of the molecule is COc1cc(-n2cnc3cc(C(C)(C)C#N)ccc32)cc(OC)c1C=O. The van der Waals surface area contributed by atoms with E-state index in [9.17, 15) is 10.1 Å². The molecule has 0 amide bonds. The number of methoxy groups -OCH3 is 2. The van der Waals surface area contributed by atoms with Gasteiger partial charge >= 0.3 is 0 Å². The second-order valence-electron chi connectivity index (χ2n) is 6.44. The van der Waals surface area contributed by atoms with E-state index in [2.05, 4.69) is 11.1 Å². The summed E-state index contributed by atoms with van der Waals surface area (Å²) >= 11 is 0. The van der Waals surface area contributed by atoms with E-state index in [0.717, 1.165) is 22.3 Å². The molecule has 0 aliphatic carbocycles. The van der Waals surface area contributed by atoms with Crippen molar-refractivity contribution < 1.29 is 14.3 Å². The van der Waals surface area contributed by atoms with Crippen molar-refractivity contribution in [3.63, 3.8) is 0 Å². The molecule has 0 aliphatic rings. The number of rotatable bonds is 5. The summed E-state index contributed by atoms with van der Waals surface area (Å²) in [4.78, 5) is 15.8. The van der Waals surface area contributed by atoms with Crippen LogP contribution in [0.15, 0.2) is 36.7 Å². The molecule has 132 valence electrons. The van der Waals surface area contributed by atoms with Crippen LogP contribution in [0.25, 0.3) is 16.7 Å². The molecule has 3 rings (SSSR count). The molecule has 0 spiro atoms. The van der Waals surface area contributed by atoms with Gasteiger partial charge in [0, 0.05) is 12.1 Å². The van der Waals surface area contributed by atoms with Gasteiger partial charge < -0.3 is 9.47 Å². The summed E-state index contributed by atoms with van der Waals surface area (Å²) in [5.74, 6) is 0.858. The van der Waals surface area contributed by atoms with Crippen LogP contribution >= 0.6 is 0 Å². The van der Waals surface area contributed by atoms with Crippen LogP contribution in [0.3, 0.4) is 0 Å². The first-order valence-electron chi connectivity index (χ1n) is 8.05. The second kappa shape index (κ2) is 6.52. The van der Waals surface area contributed by atoms with Crippen molar-refractivity contribution in [1.82, 2.24) is 9.55 Å². The van der Waals surface area contributed by atoms with E-state index < -0.39 is 5.41 Å². The highest BCUT2D eigenvalue weighted by molar-refractivity contribution is 5.85. The van der Waals surface area contributed by atoms with Crippen LogP contribution < -0.4 is 9.47 Å². The molecule has 0 fully saturated rings. The lowest BCUT2D eigenvalue weighted by Gasteiger charge is -2.16. The number of fused-ring (bicyclic) bond motifs is 1. The lowest BCUT2D eigenvalue weighted by atomic mass is 9.86. The predicted octanol–water partition coefficient (Wildman–Crippen LogP) is 3.66. The molecular formula is C20H19N3O3. The molecular weight excluding hydrogens is 330 g/mol. The van der Waals surface area contributed by atoms with Crippen LogP contribution in [0.5, 0.6) is 11.5 Å². The lowest BCUT2D eigenvalue weighted by molar-refractivity contribution is 0.111. The van der Waals surface area contributed by atoms with Gasteiger partial charge in [-0.2, -0.15) is 5.26 Å². The van der Waals surface area contributed by atoms with Crippen molar-refractivity contribution >= 4 is 17.3 Å². The van der Waals surface area contributed by atoms with E-state index in [4.69, 9.17) is 9.47 Å². The zero-order valence-corrected chi connectivity index (χ0v) is 15.1. The summed E-state index contributed by atoms with van der Waals surface area (Å²) in [6, 6.07) is 11.6. The third-order valence-corrected chi connectivity index (χ3v) is 4.47. The van der Waals surface area contributed by atoms with Crippen molar-refractivity contribution in [1.29, 1.82) is 5.26 Å². The van der Waals surface area contributed by atoms with E-state index in [-0.39, 0.29) is 0 Å². The van der Waals surface area contributed by atoms with Crippen molar-refractivity contribution in [2.75, 3.05) is 14.2 Å². The summed E-state index contributed by atoms with van der Waals surface area (Å²) in [6.07, 6.45) is 2.41. The molecule has 1 heterocycles. The quantitative estimate of drug-likeness (QED) is 0.657. The Bertz CT molecular complexity index is 1000. The molecule has 0 saturated heterocycles. The minimum absolute atomic E-state index is 0.362. The van der Waals surface area contributed by atoms with Crippen molar-refractivity contribution in [3.8, 4) is 23.3 Å². The fraction of sp³-hybridized carbons (Fsp3) is 0.250. The van der Waals surface area contributed by atoms with Gasteiger partial charge in [0.15, 0.2) is 6.29 Å². The van der Waals surface area contributed by atoms with Crippen LogP contribution in [-0.2, 0) is 5.41 Å². The normalized spacial score (nSPS) is 11.2. The zero-order valence-electron chi connectivity index (χ0n) is 15.1. The minimum atomic E-state index is -0.587. The third kappa shape index (κ3) is 2.78. The number of carbonyl (C=O) groups excluding carboxylic acids is 1. The van der Waals surface area contributed by atoms with Gasteiger partial charge in [0.25, 0.3) is 0 Å². The van der Waals surface area contributed by atoms with Gasteiger partial charge in [-0.3, -0.25) is 9.36 Å². The highest BCUT2D eigenvalue weighted by atomic mass is 16.5. The minimum Gasteiger partial charge on any atom is -0.496 e. The number of hydrogen-bond acceptors (Lipinski definition) is 5. The number of nitriles is 1. The van der Waals surface area contributed by atoms with Gasteiger partial charge in [-0.05, 0) is 31.5 Å². The van der Waals surface area contributed by atoms with Crippen LogP contribution in [0, 0.1) is 11.3 Å². The molecule has 6 nitrogen and oxygen atoms in total. The maximum absolute atomic E-state index is 11.3. The number of ether oxygens (including phenoxy) is 2. The highest BCUT2D eigenvalue weighted by Crippen LogP contribution is 2.33. The first-order valence-corrected chi connectivity index (χ1v) is 8.05. The van der Waals surface area contributed by atoms with E-state index in [1.165, 1.54) is 14.2 Å². The number of aromatic nitrogens is 2. The molecule has 0 unspecified atom stereocenters. The maximum atomic E-state index is 11.3. The summed E-state index contributed by atoms with van der Waals surface area (Å²) < 4.78 is 12.5. The molecule has 0 atom stereocenters. The van der Waals surface area contributed by atoms with Gasteiger partial charge in [-0.1, -0.05) is 6.07 Å². The molecule has 0 radical (unpaired) electrons. The molecule has 3 aromatic rings. The Balaban J connectivity index is 2.18. The molecule has 26 heavy (non-hydrogen) atoms. The van der Waals surface area contributed by atoms with E-state index in [0.29, 0.717) is 23.3 Å². The zero-order chi connectivity index (χ0) is 18.9. The smallest absolute Gasteiger partial charge is 0.157 e. The molecule has 0 aliphatic heterocycles. The standard InChI is InChI=1S/C20H19N3O3/c1-20(2,11-21)13-5-6-17-16(7-13)22-12-23(17)14-8-18(25-3)15(10-24)19(9-14)26-4/h5-10,12H,1-4H3. The Morgan fingerprint density at radius 1 is 1.15 bits per heavy atom. The fourth-order valence-corrected chi connectivity index (χ4v) is 2.85. The summed E-state index contributed by atoms with van der Waals surface area (Å²) in [6.45, 7) is 3.75. The summed E-state index contributed by atoms with van der Waals surface area (Å²) in [5.41, 5.74) is 3.11. The molecule has 6 heteroatoms. The van der Waals surface area contributed by atoms with E-state index in [1.807, 2.05) is 36.6 Å². The first kappa shape index (κ1) is 17.5. The largest absolute Gasteiger partial charge is 0.496 e. The van der Waals surface area contributed by atoms with Gasteiger partial charge in [0.2, 0.25) is 0 Å². The number of carbonyl (C=O) groups is 1. The molecule has 0 saturated carbocycles. The Hall–Kier alpha value is -3.33. The van der Waals surface area contributed by atoms with E-state index >= 15 is 0 Å². The molecule has 1 aromatic heterocycles. The average molecular weight is 349 g/mol. The van der Waals surface area contributed by atoms with Crippen molar-refractivity contribution in [2.45, 2.75) is 19.3 Å². The predicted molar refractivity (Wildman–Crippen MR) is 98.2 cm³/mol. The van der Waals surface area contributed by atoms with Crippen molar-refractivity contribution in [2.24, 2.45) is 0 Å². The van der Waals surface area contributed by atoms with Crippen LogP contribution in [0.2, 0.25) is 0 Å². The maximum Gasteiger partial charge on any atom is 0.157 e. The number of aldehydes is 1. The highest BCUT2D eigenvalue weighted by Gasteiger charge is 2.21. The third-order valence-electron chi connectivity index (χ3n) is 4.47. The number of hydrogen-bond donors (Lipinski definition) is 0.